The van der Waals surface area contributed by atoms with Crippen LogP contribution in [0.25, 0.3) is 0 Å². The number of ether oxygens (including phenoxy) is 2. The molecule has 0 atom stereocenters. The first-order chi connectivity index (χ1) is 7.63. The molecule has 0 amide bonds. The molecule has 16 heavy (non-hydrogen) atoms. The van der Waals surface area contributed by atoms with Gasteiger partial charge in [0.1, 0.15) is 5.75 Å². The largest absolute Gasteiger partial charge is 0.514 e. The molecule has 1 aromatic carbocycles. The minimum Gasteiger partial charge on any atom is -0.421 e. The Morgan fingerprint density at radius 3 is 2.56 bits per heavy atom. The number of hydrogen-bond acceptors (Lipinski definition) is 5. The Balaban J connectivity index is 2.59. The highest BCUT2D eigenvalue weighted by Gasteiger charge is 2.08. The summed E-state index contributed by atoms with van der Waals surface area (Å²) >= 11 is 0. The van der Waals surface area contributed by atoms with E-state index in [9.17, 15) is 14.9 Å². The third kappa shape index (κ3) is 3.31. The van der Waals surface area contributed by atoms with Crippen molar-refractivity contribution in [3.8, 4) is 18.1 Å². The maximum Gasteiger partial charge on any atom is 0.514 e. The molecule has 0 aliphatic carbocycles. The molecule has 0 saturated heterocycles. The monoisotopic (exact) mass is 221 g/mol. The van der Waals surface area contributed by atoms with Crippen molar-refractivity contribution in [2.45, 2.75) is 0 Å². The fraction of sp³-hybridized carbons (Fsp3) is 0.100. The summed E-state index contributed by atoms with van der Waals surface area (Å²) in [4.78, 5) is 20.7. The smallest absolute Gasteiger partial charge is 0.421 e. The van der Waals surface area contributed by atoms with Crippen molar-refractivity contribution in [2.75, 3.05) is 6.61 Å². The molecule has 6 nitrogen and oxygen atoms in total. The third-order valence-electron chi connectivity index (χ3n) is 1.52. The van der Waals surface area contributed by atoms with Crippen molar-refractivity contribution < 1.29 is 19.2 Å². The van der Waals surface area contributed by atoms with E-state index in [0.29, 0.717) is 0 Å². The summed E-state index contributed by atoms with van der Waals surface area (Å²) < 4.78 is 9.11. The van der Waals surface area contributed by atoms with Crippen LogP contribution in [0.5, 0.6) is 5.75 Å². The van der Waals surface area contributed by atoms with Crippen LogP contribution in [0.2, 0.25) is 0 Å². The molecule has 0 aromatic heterocycles. The van der Waals surface area contributed by atoms with E-state index in [1.165, 1.54) is 24.3 Å². The highest BCUT2D eigenvalue weighted by molar-refractivity contribution is 5.64. The van der Waals surface area contributed by atoms with E-state index in [2.05, 4.69) is 15.4 Å². The number of nitrogens with zero attached hydrogens (tertiary/aromatic N) is 1. The number of hydrogen-bond donors (Lipinski definition) is 0. The lowest BCUT2D eigenvalue weighted by Crippen LogP contribution is -2.10. The van der Waals surface area contributed by atoms with Crippen molar-refractivity contribution in [1.82, 2.24) is 0 Å². The molecule has 0 N–H and O–H groups in total. The fourth-order valence-corrected chi connectivity index (χ4v) is 0.862. The molecule has 0 unspecified atom stereocenters. The van der Waals surface area contributed by atoms with Crippen molar-refractivity contribution in [2.24, 2.45) is 0 Å². The summed E-state index contributed by atoms with van der Waals surface area (Å²) in [5, 5.41) is 10.3. The van der Waals surface area contributed by atoms with Gasteiger partial charge in [-0.05, 0) is 12.1 Å². The van der Waals surface area contributed by atoms with Gasteiger partial charge >= 0.3 is 6.16 Å². The molecule has 82 valence electrons. The van der Waals surface area contributed by atoms with E-state index in [-0.39, 0.29) is 18.0 Å². The number of nitro benzene ring substituents is 1. The van der Waals surface area contributed by atoms with Crippen LogP contribution in [-0.2, 0) is 4.74 Å². The summed E-state index contributed by atoms with van der Waals surface area (Å²) in [7, 11) is 0. The average Bonchev–Trinajstić information content (AvgIpc) is 2.27. The zero-order chi connectivity index (χ0) is 12.0. The maximum atomic E-state index is 10.9. The Morgan fingerprint density at radius 2 is 2.06 bits per heavy atom. The zero-order valence-electron chi connectivity index (χ0n) is 8.08. The lowest BCUT2D eigenvalue weighted by molar-refractivity contribution is -0.384. The van der Waals surface area contributed by atoms with Crippen LogP contribution in [0.1, 0.15) is 0 Å². The summed E-state index contributed by atoms with van der Waals surface area (Å²) in [5.41, 5.74) is -0.0932. The van der Waals surface area contributed by atoms with Gasteiger partial charge in [-0.2, -0.15) is 0 Å². The molecule has 1 aromatic rings. The molecule has 1 rings (SSSR count). The van der Waals surface area contributed by atoms with Gasteiger partial charge in [0.2, 0.25) is 0 Å². The van der Waals surface area contributed by atoms with Crippen molar-refractivity contribution in [3.63, 3.8) is 0 Å². The normalized spacial score (nSPS) is 8.94. The van der Waals surface area contributed by atoms with Crippen LogP contribution >= 0.6 is 0 Å². The minimum atomic E-state index is -0.952. The summed E-state index contributed by atoms with van der Waals surface area (Å²) in [5.74, 6) is 2.24. The van der Waals surface area contributed by atoms with Gasteiger partial charge in [-0.3, -0.25) is 10.1 Å². The summed E-state index contributed by atoms with van der Waals surface area (Å²) in [6.07, 6.45) is 3.91. The van der Waals surface area contributed by atoms with Crippen molar-refractivity contribution in [3.05, 3.63) is 34.4 Å². The molecule has 6 heteroatoms. The van der Waals surface area contributed by atoms with E-state index < -0.39 is 11.1 Å². The van der Waals surface area contributed by atoms with E-state index in [1.807, 2.05) is 0 Å². The van der Waals surface area contributed by atoms with Crippen molar-refractivity contribution in [1.29, 1.82) is 0 Å². The molecule has 0 aliphatic rings. The van der Waals surface area contributed by atoms with Crippen LogP contribution in [0.3, 0.4) is 0 Å². The molecule has 0 aliphatic heterocycles. The van der Waals surface area contributed by atoms with Crippen LogP contribution in [0, 0.1) is 22.5 Å². The van der Waals surface area contributed by atoms with Gasteiger partial charge < -0.3 is 9.47 Å². The number of rotatable bonds is 3. The van der Waals surface area contributed by atoms with Gasteiger partial charge in [0.05, 0.1) is 4.92 Å². The molecule has 0 spiro atoms. The predicted molar refractivity (Wildman–Crippen MR) is 53.9 cm³/mol. The van der Waals surface area contributed by atoms with Crippen LogP contribution < -0.4 is 4.74 Å². The molecule has 0 heterocycles. The van der Waals surface area contributed by atoms with Crippen LogP contribution in [0.4, 0.5) is 10.5 Å². The minimum absolute atomic E-state index is 0.0932. The number of terminal acetylenes is 1. The number of benzene rings is 1. The lowest BCUT2D eigenvalue weighted by atomic mass is 10.3. The quantitative estimate of drug-likeness (QED) is 0.255. The molecule has 0 bridgehead atoms. The summed E-state index contributed by atoms with van der Waals surface area (Å²) in [6.45, 7) is -0.189. The molecule has 0 radical (unpaired) electrons. The van der Waals surface area contributed by atoms with Gasteiger partial charge in [-0.25, -0.2) is 4.79 Å². The first-order valence-electron chi connectivity index (χ1n) is 4.16. The SMILES string of the molecule is C#CCOC(=O)Oc1ccc([N+](=O)[O-])cc1. The van der Waals surface area contributed by atoms with Gasteiger partial charge in [0.15, 0.2) is 6.61 Å². The molecule has 0 fully saturated rings. The predicted octanol–water partition coefficient (Wildman–Crippen LogP) is 1.74. The van der Waals surface area contributed by atoms with Gasteiger partial charge in [0.25, 0.3) is 5.69 Å². The average molecular weight is 221 g/mol. The van der Waals surface area contributed by atoms with E-state index in [0.717, 1.165) is 0 Å². The van der Waals surface area contributed by atoms with E-state index >= 15 is 0 Å². The van der Waals surface area contributed by atoms with Gasteiger partial charge in [0, 0.05) is 12.1 Å². The van der Waals surface area contributed by atoms with Crippen LogP contribution in [-0.4, -0.2) is 17.7 Å². The second kappa shape index (κ2) is 5.36. The Morgan fingerprint density at radius 1 is 1.44 bits per heavy atom. The first kappa shape index (κ1) is 11.5. The lowest BCUT2D eigenvalue weighted by Gasteiger charge is -2.02. The van der Waals surface area contributed by atoms with E-state index in [1.54, 1.807) is 0 Å². The first-order valence-corrected chi connectivity index (χ1v) is 4.16. The fourth-order valence-electron chi connectivity index (χ4n) is 0.862. The summed E-state index contributed by atoms with van der Waals surface area (Å²) in [6, 6.07) is 5.00. The Kier molecular flexibility index (Phi) is 3.86. The number of nitro groups is 1. The van der Waals surface area contributed by atoms with Crippen molar-refractivity contribution >= 4 is 11.8 Å². The highest BCUT2D eigenvalue weighted by atomic mass is 16.7. The van der Waals surface area contributed by atoms with E-state index in [4.69, 9.17) is 6.42 Å². The Bertz CT molecular complexity index is 432. The molecular weight excluding hydrogens is 214 g/mol. The standard InChI is InChI=1S/C10H7NO5/c1-2-7-15-10(12)16-9-5-3-8(4-6-9)11(13)14/h1,3-6H,7H2. The van der Waals surface area contributed by atoms with Crippen LogP contribution in [0.15, 0.2) is 24.3 Å². The number of non-ortho nitro benzene ring substituents is 1. The molecule has 0 saturated carbocycles. The second-order valence-electron chi connectivity index (χ2n) is 2.60. The Hall–Kier alpha value is -2.55. The number of carbonyl (C=O) groups excluding carboxylic acids is 1. The molecular formula is C10H7NO5. The Labute approximate surface area is 90.9 Å². The maximum absolute atomic E-state index is 10.9. The topological polar surface area (TPSA) is 78.7 Å². The van der Waals surface area contributed by atoms with Gasteiger partial charge in [-0.1, -0.05) is 5.92 Å². The second-order valence-corrected chi connectivity index (χ2v) is 2.60. The highest BCUT2D eigenvalue weighted by Crippen LogP contribution is 2.17. The third-order valence-corrected chi connectivity index (χ3v) is 1.52. The number of carbonyl (C=O) groups is 1. The van der Waals surface area contributed by atoms with Gasteiger partial charge in [-0.15, -0.1) is 6.42 Å². The zero-order valence-corrected chi connectivity index (χ0v) is 8.08.